The first-order valence-corrected chi connectivity index (χ1v) is 7.15. The lowest BCUT2D eigenvalue weighted by atomic mass is 9.96. The van der Waals surface area contributed by atoms with E-state index in [9.17, 15) is 5.11 Å². The van der Waals surface area contributed by atoms with Crippen molar-refractivity contribution in [2.75, 3.05) is 18.5 Å². The summed E-state index contributed by atoms with van der Waals surface area (Å²) in [5, 5.41) is 10.6. The molecule has 0 spiro atoms. The maximum atomic E-state index is 10.6. The summed E-state index contributed by atoms with van der Waals surface area (Å²) in [5.74, 6) is 0. The fourth-order valence-electron chi connectivity index (χ4n) is 2.88. The third-order valence-corrected chi connectivity index (χ3v) is 4.39. The van der Waals surface area contributed by atoms with Crippen LogP contribution in [-0.4, -0.2) is 18.7 Å². The summed E-state index contributed by atoms with van der Waals surface area (Å²) in [6.45, 7) is 5.25. The number of nitrogens with zero attached hydrogens (tertiary/aromatic N) is 1. The molecule has 2 aromatic carbocycles. The largest absolute Gasteiger partial charge is 0.384 e. The molecule has 1 N–H and O–H groups in total. The van der Waals surface area contributed by atoms with Crippen molar-refractivity contribution in [3.63, 3.8) is 0 Å². The van der Waals surface area contributed by atoms with Crippen molar-refractivity contribution in [2.45, 2.75) is 26.4 Å². The number of fused-ring (bicyclic) bond motifs is 1. The maximum Gasteiger partial charge on any atom is 0.104 e. The van der Waals surface area contributed by atoms with Crippen LogP contribution in [0.3, 0.4) is 0 Å². The topological polar surface area (TPSA) is 23.5 Å². The Morgan fingerprint density at radius 2 is 1.70 bits per heavy atom. The predicted octanol–water partition coefficient (Wildman–Crippen LogP) is 3.38. The van der Waals surface area contributed by atoms with Crippen molar-refractivity contribution in [1.82, 2.24) is 0 Å². The van der Waals surface area contributed by atoms with E-state index in [1.165, 1.54) is 22.4 Å². The van der Waals surface area contributed by atoms with Gasteiger partial charge in [0.1, 0.15) is 6.10 Å². The zero-order valence-electron chi connectivity index (χ0n) is 12.4. The highest BCUT2D eigenvalue weighted by molar-refractivity contribution is 5.59. The molecule has 3 rings (SSSR count). The first kappa shape index (κ1) is 13.2. The average molecular weight is 267 g/mol. The highest BCUT2D eigenvalue weighted by atomic mass is 16.3. The van der Waals surface area contributed by atoms with Crippen molar-refractivity contribution in [2.24, 2.45) is 0 Å². The number of likely N-dealkylation sites (N-methyl/N-ethyl adjacent to an activating group) is 1. The van der Waals surface area contributed by atoms with Crippen LogP contribution in [0.25, 0.3) is 0 Å². The third kappa shape index (κ3) is 2.20. The van der Waals surface area contributed by atoms with E-state index in [-0.39, 0.29) is 0 Å². The Kier molecular flexibility index (Phi) is 3.27. The Hall–Kier alpha value is -1.80. The Morgan fingerprint density at radius 3 is 2.45 bits per heavy atom. The number of anilines is 1. The fourth-order valence-corrected chi connectivity index (χ4v) is 2.88. The van der Waals surface area contributed by atoms with E-state index in [2.05, 4.69) is 50.1 Å². The van der Waals surface area contributed by atoms with Crippen LogP contribution in [-0.2, 0) is 6.42 Å². The second-order valence-electron chi connectivity index (χ2n) is 5.81. The minimum atomic E-state index is -0.537. The van der Waals surface area contributed by atoms with Crippen molar-refractivity contribution in [3.8, 4) is 0 Å². The molecule has 2 aromatic rings. The number of aryl methyl sites for hydroxylation is 2. The standard InChI is InChI=1S/C18H21NO/c1-12-4-5-15(10-13(12)2)18(20)16-6-7-17-14(11-16)8-9-19(17)3/h4-7,10-11,18,20H,8-9H2,1-3H3. The van der Waals surface area contributed by atoms with Gasteiger partial charge in [-0.15, -0.1) is 0 Å². The molecule has 0 radical (unpaired) electrons. The molecule has 0 bridgehead atoms. The van der Waals surface area contributed by atoms with Gasteiger partial charge in [-0.05, 0) is 54.2 Å². The molecule has 2 heteroatoms. The molecule has 0 fully saturated rings. The van der Waals surface area contributed by atoms with E-state index in [0.717, 1.165) is 24.1 Å². The van der Waals surface area contributed by atoms with E-state index in [1.54, 1.807) is 0 Å². The summed E-state index contributed by atoms with van der Waals surface area (Å²) in [6, 6.07) is 12.5. The molecule has 0 aliphatic carbocycles. The Labute approximate surface area is 120 Å². The number of aliphatic hydroxyl groups excluding tert-OH is 1. The molecule has 1 unspecified atom stereocenters. The van der Waals surface area contributed by atoms with Crippen molar-refractivity contribution in [1.29, 1.82) is 0 Å². The molecule has 1 atom stereocenters. The Morgan fingerprint density at radius 1 is 1.00 bits per heavy atom. The van der Waals surface area contributed by atoms with E-state index >= 15 is 0 Å². The highest BCUT2D eigenvalue weighted by Gasteiger charge is 2.18. The normalized spacial score (nSPS) is 15.3. The van der Waals surface area contributed by atoms with Gasteiger partial charge in [-0.25, -0.2) is 0 Å². The molecule has 1 aliphatic rings. The summed E-state index contributed by atoms with van der Waals surface area (Å²) in [6.07, 6.45) is 0.532. The lowest BCUT2D eigenvalue weighted by Crippen LogP contribution is -2.12. The third-order valence-electron chi connectivity index (χ3n) is 4.39. The minimum absolute atomic E-state index is 0.537. The van der Waals surface area contributed by atoms with Crippen LogP contribution in [0, 0.1) is 13.8 Å². The SMILES string of the molecule is Cc1ccc(C(O)c2ccc3c(c2)CCN3C)cc1C. The molecule has 104 valence electrons. The van der Waals surface area contributed by atoms with Crippen LogP contribution in [0.5, 0.6) is 0 Å². The minimum Gasteiger partial charge on any atom is -0.384 e. The molecule has 0 saturated carbocycles. The van der Waals surface area contributed by atoms with Crippen LogP contribution in [0.2, 0.25) is 0 Å². The van der Waals surface area contributed by atoms with Gasteiger partial charge in [0.25, 0.3) is 0 Å². The summed E-state index contributed by atoms with van der Waals surface area (Å²) >= 11 is 0. The second-order valence-corrected chi connectivity index (χ2v) is 5.81. The van der Waals surface area contributed by atoms with Gasteiger partial charge in [0.2, 0.25) is 0 Å². The highest BCUT2D eigenvalue weighted by Crippen LogP contribution is 2.31. The van der Waals surface area contributed by atoms with Gasteiger partial charge < -0.3 is 10.0 Å². The molecule has 0 aromatic heterocycles. The molecule has 20 heavy (non-hydrogen) atoms. The van der Waals surface area contributed by atoms with E-state index in [4.69, 9.17) is 0 Å². The average Bonchev–Trinajstić information content (AvgIpc) is 2.82. The molecule has 1 heterocycles. The molecular weight excluding hydrogens is 246 g/mol. The van der Waals surface area contributed by atoms with Crippen molar-refractivity contribution >= 4 is 5.69 Å². The summed E-state index contributed by atoms with van der Waals surface area (Å²) < 4.78 is 0. The lowest BCUT2D eigenvalue weighted by Gasteiger charge is -2.16. The number of hydrogen-bond acceptors (Lipinski definition) is 2. The smallest absolute Gasteiger partial charge is 0.104 e. The van der Waals surface area contributed by atoms with Gasteiger partial charge in [0.15, 0.2) is 0 Å². The predicted molar refractivity (Wildman–Crippen MR) is 83.4 cm³/mol. The summed E-state index contributed by atoms with van der Waals surface area (Å²) in [7, 11) is 2.12. The Bertz CT molecular complexity index is 648. The van der Waals surface area contributed by atoms with Crippen LogP contribution in [0.4, 0.5) is 5.69 Å². The van der Waals surface area contributed by atoms with E-state index in [1.807, 2.05) is 12.1 Å². The zero-order chi connectivity index (χ0) is 14.3. The van der Waals surface area contributed by atoms with Crippen LogP contribution >= 0.6 is 0 Å². The zero-order valence-corrected chi connectivity index (χ0v) is 12.4. The van der Waals surface area contributed by atoms with Gasteiger partial charge >= 0.3 is 0 Å². The fraction of sp³-hybridized carbons (Fsp3) is 0.333. The van der Waals surface area contributed by atoms with Crippen molar-refractivity contribution in [3.05, 3.63) is 64.2 Å². The molecule has 2 nitrogen and oxygen atoms in total. The van der Waals surface area contributed by atoms with Gasteiger partial charge in [-0.2, -0.15) is 0 Å². The van der Waals surface area contributed by atoms with Crippen LogP contribution in [0.15, 0.2) is 36.4 Å². The number of benzene rings is 2. The molecule has 0 amide bonds. The Balaban J connectivity index is 1.94. The molecule has 0 saturated heterocycles. The van der Waals surface area contributed by atoms with Gasteiger partial charge in [0, 0.05) is 19.3 Å². The monoisotopic (exact) mass is 267 g/mol. The molecular formula is C18H21NO. The summed E-state index contributed by atoms with van der Waals surface area (Å²) in [4.78, 5) is 2.27. The van der Waals surface area contributed by atoms with E-state index in [0.29, 0.717) is 0 Å². The lowest BCUT2D eigenvalue weighted by molar-refractivity contribution is 0.220. The van der Waals surface area contributed by atoms with Gasteiger partial charge in [-0.3, -0.25) is 0 Å². The van der Waals surface area contributed by atoms with E-state index < -0.39 is 6.10 Å². The summed E-state index contributed by atoms with van der Waals surface area (Å²) in [5.41, 5.74) is 7.08. The quantitative estimate of drug-likeness (QED) is 0.901. The number of rotatable bonds is 2. The number of aliphatic hydroxyl groups is 1. The first-order valence-electron chi connectivity index (χ1n) is 7.15. The van der Waals surface area contributed by atoms with Crippen LogP contribution < -0.4 is 4.90 Å². The number of hydrogen-bond donors (Lipinski definition) is 1. The van der Waals surface area contributed by atoms with Gasteiger partial charge in [0.05, 0.1) is 0 Å². The second kappa shape index (κ2) is 4.95. The molecule has 1 aliphatic heterocycles. The van der Waals surface area contributed by atoms with Crippen molar-refractivity contribution < 1.29 is 5.11 Å². The maximum absolute atomic E-state index is 10.6. The van der Waals surface area contributed by atoms with Crippen LogP contribution in [0.1, 0.15) is 33.9 Å². The van der Waals surface area contributed by atoms with Gasteiger partial charge in [-0.1, -0.05) is 30.3 Å². The first-order chi connectivity index (χ1) is 9.56.